The van der Waals surface area contributed by atoms with E-state index in [0.29, 0.717) is 17.7 Å². The maximum atomic E-state index is 12.0. The fraction of sp³-hybridized carbons (Fsp3) is 0.500. The maximum Gasteiger partial charge on any atom is 0.310 e. The van der Waals surface area contributed by atoms with Crippen LogP contribution in [0.1, 0.15) is 55.3 Å². The highest BCUT2D eigenvalue weighted by atomic mass is 16.4. The highest BCUT2D eigenvalue weighted by Crippen LogP contribution is 2.14. The van der Waals surface area contributed by atoms with Crippen molar-refractivity contribution in [1.29, 1.82) is 0 Å². The molecule has 1 aromatic rings. The highest BCUT2D eigenvalue weighted by Gasteiger charge is 2.27. The van der Waals surface area contributed by atoms with Crippen LogP contribution in [0.2, 0.25) is 0 Å². The molecule has 24 heavy (non-hydrogen) atoms. The Balaban J connectivity index is 2.65. The summed E-state index contributed by atoms with van der Waals surface area (Å²) in [5.41, 5.74) is -0.195. The highest BCUT2D eigenvalue weighted by molar-refractivity contribution is 5.98. The number of carbonyl (C=O) groups excluding carboxylic acids is 2. The van der Waals surface area contributed by atoms with E-state index < -0.39 is 11.4 Å². The fourth-order valence-electron chi connectivity index (χ4n) is 1.70. The van der Waals surface area contributed by atoms with Crippen molar-refractivity contribution >= 4 is 17.8 Å². The minimum Gasteiger partial charge on any atom is -0.481 e. The van der Waals surface area contributed by atoms with Gasteiger partial charge in [-0.15, -0.1) is 0 Å². The molecule has 3 N–H and O–H groups in total. The Hall–Kier alpha value is -2.37. The molecule has 0 unspecified atom stereocenters. The van der Waals surface area contributed by atoms with Crippen LogP contribution in [0.3, 0.4) is 0 Å². The van der Waals surface area contributed by atoms with Crippen LogP contribution in [0.15, 0.2) is 24.3 Å². The summed E-state index contributed by atoms with van der Waals surface area (Å²) in [6, 6.07) is 6.26. The summed E-state index contributed by atoms with van der Waals surface area (Å²) in [7, 11) is 0. The lowest BCUT2D eigenvalue weighted by atomic mass is 9.94. The molecule has 0 bridgehead atoms. The third-order valence-electron chi connectivity index (χ3n) is 3.46. The van der Waals surface area contributed by atoms with Crippen molar-refractivity contribution in [2.24, 2.45) is 10.8 Å². The van der Waals surface area contributed by atoms with Gasteiger partial charge in [0.1, 0.15) is 0 Å². The first-order valence-corrected chi connectivity index (χ1v) is 7.82. The molecule has 0 aliphatic rings. The van der Waals surface area contributed by atoms with Crippen LogP contribution in [0.4, 0.5) is 0 Å². The monoisotopic (exact) mass is 334 g/mol. The average Bonchev–Trinajstić information content (AvgIpc) is 2.49. The zero-order valence-corrected chi connectivity index (χ0v) is 14.9. The van der Waals surface area contributed by atoms with Gasteiger partial charge in [-0.05, 0) is 43.5 Å². The molecule has 6 nitrogen and oxygen atoms in total. The quantitative estimate of drug-likeness (QED) is 0.744. The first-order chi connectivity index (χ1) is 10.9. The SMILES string of the molecule is CC(C)(C)CNC(=O)c1ccc(C(=O)NCC(C)(C)C(=O)O)cc1. The summed E-state index contributed by atoms with van der Waals surface area (Å²) in [6.45, 7) is 9.74. The van der Waals surface area contributed by atoms with Crippen LogP contribution >= 0.6 is 0 Å². The Morgan fingerprint density at radius 3 is 1.54 bits per heavy atom. The molecule has 132 valence electrons. The molecule has 0 spiro atoms. The van der Waals surface area contributed by atoms with Gasteiger partial charge in [-0.1, -0.05) is 20.8 Å². The van der Waals surface area contributed by atoms with Crippen LogP contribution in [0.5, 0.6) is 0 Å². The van der Waals surface area contributed by atoms with Crippen molar-refractivity contribution in [3.63, 3.8) is 0 Å². The third kappa shape index (κ3) is 6.02. The molecule has 0 aromatic heterocycles. The number of carbonyl (C=O) groups is 3. The van der Waals surface area contributed by atoms with E-state index >= 15 is 0 Å². The van der Waals surface area contributed by atoms with Crippen molar-refractivity contribution in [2.45, 2.75) is 34.6 Å². The van der Waals surface area contributed by atoms with E-state index in [2.05, 4.69) is 10.6 Å². The minimum atomic E-state index is -1.04. The smallest absolute Gasteiger partial charge is 0.310 e. The van der Waals surface area contributed by atoms with Gasteiger partial charge in [0.15, 0.2) is 0 Å². The molecule has 1 aromatic carbocycles. The van der Waals surface area contributed by atoms with Gasteiger partial charge in [-0.25, -0.2) is 0 Å². The Bertz CT molecular complexity index is 613. The number of hydrogen-bond donors (Lipinski definition) is 3. The number of rotatable bonds is 6. The number of amides is 2. The van der Waals surface area contributed by atoms with Crippen molar-refractivity contribution in [3.05, 3.63) is 35.4 Å². The zero-order chi connectivity index (χ0) is 18.5. The topological polar surface area (TPSA) is 95.5 Å². The van der Waals surface area contributed by atoms with Gasteiger partial charge in [0, 0.05) is 24.2 Å². The van der Waals surface area contributed by atoms with Crippen molar-refractivity contribution < 1.29 is 19.5 Å². The predicted molar refractivity (Wildman–Crippen MR) is 92.0 cm³/mol. The molecule has 0 fully saturated rings. The molecule has 6 heteroatoms. The first kappa shape index (κ1) is 19.7. The van der Waals surface area contributed by atoms with Gasteiger partial charge in [0.05, 0.1) is 5.41 Å². The zero-order valence-electron chi connectivity index (χ0n) is 14.9. The number of hydrogen-bond acceptors (Lipinski definition) is 3. The van der Waals surface area contributed by atoms with E-state index in [-0.39, 0.29) is 23.8 Å². The predicted octanol–water partition coefficient (Wildman–Crippen LogP) is 2.30. The minimum absolute atomic E-state index is 0.00751. The molecular formula is C18H26N2O4. The molecule has 0 heterocycles. The van der Waals surface area contributed by atoms with Crippen LogP contribution in [0.25, 0.3) is 0 Å². The molecular weight excluding hydrogens is 308 g/mol. The van der Waals surface area contributed by atoms with Gasteiger partial charge in [-0.3, -0.25) is 14.4 Å². The first-order valence-electron chi connectivity index (χ1n) is 7.82. The average molecular weight is 334 g/mol. The second-order valence-corrected chi connectivity index (χ2v) is 7.69. The molecule has 0 aliphatic carbocycles. The van der Waals surface area contributed by atoms with Gasteiger partial charge >= 0.3 is 5.97 Å². The molecule has 0 atom stereocenters. The number of aliphatic carboxylic acids is 1. The standard InChI is InChI=1S/C18H26N2O4/c1-17(2,3)10-19-14(21)12-6-8-13(9-7-12)15(22)20-11-18(4,5)16(23)24/h6-9H,10-11H2,1-5H3,(H,19,21)(H,20,22)(H,23,24). The molecule has 0 aliphatic heterocycles. The molecule has 0 saturated carbocycles. The van der Waals surface area contributed by atoms with Crippen LogP contribution in [-0.4, -0.2) is 36.0 Å². The lowest BCUT2D eigenvalue weighted by Crippen LogP contribution is -2.38. The number of carboxylic acid groups (broad SMARTS) is 1. The Morgan fingerprint density at radius 1 is 0.833 bits per heavy atom. The molecule has 1 rings (SSSR count). The lowest BCUT2D eigenvalue weighted by Gasteiger charge is -2.19. The molecule has 0 radical (unpaired) electrons. The largest absolute Gasteiger partial charge is 0.481 e. The summed E-state index contributed by atoms with van der Waals surface area (Å²) < 4.78 is 0. The van der Waals surface area contributed by atoms with Crippen molar-refractivity contribution in [2.75, 3.05) is 13.1 Å². The van der Waals surface area contributed by atoms with Crippen LogP contribution in [0, 0.1) is 10.8 Å². The van der Waals surface area contributed by atoms with Crippen LogP contribution < -0.4 is 10.6 Å². The summed E-state index contributed by atoms with van der Waals surface area (Å²) in [4.78, 5) is 35.1. The van der Waals surface area contributed by atoms with Gasteiger partial charge in [-0.2, -0.15) is 0 Å². The van der Waals surface area contributed by atoms with Crippen molar-refractivity contribution in [3.8, 4) is 0 Å². The number of benzene rings is 1. The van der Waals surface area contributed by atoms with Gasteiger partial charge in [0.25, 0.3) is 11.8 Å². The van der Waals surface area contributed by atoms with E-state index in [1.807, 2.05) is 20.8 Å². The van der Waals surface area contributed by atoms with E-state index in [0.717, 1.165) is 0 Å². The van der Waals surface area contributed by atoms with Gasteiger partial charge in [0.2, 0.25) is 0 Å². The Morgan fingerprint density at radius 2 is 1.21 bits per heavy atom. The lowest BCUT2D eigenvalue weighted by molar-refractivity contribution is -0.146. The number of nitrogens with one attached hydrogen (secondary N) is 2. The second-order valence-electron chi connectivity index (χ2n) is 7.69. The fourth-order valence-corrected chi connectivity index (χ4v) is 1.70. The van der Waals surface area contributed by atoms with E-state index in [1.54, 1.807) is 24.3 Å². The van der Waals surface area contributed by atoms with Gasteiger partial charge < -0.3 is 15.7 Å². The van der Waals surface area contributed by atoms with Crippen LogP contribution in [-0.2, 0) is 4.79 Å². The maximum absolute atomic E-state index is 12.0. The molecule has 2 amide bonds. The summed E-state index contributed by atoms with van der Waals surface area (Å²) in [6.07, 6.45) is 0. The third-order valence-corrected chi connectivity index (χ3v) is 3.46. The Kier molecular flexibility index (Phi) is 6.12. The summed E-state index contributed by atoms with van der Waals surface area (Å²) in [5.74, 6) is -1.54. The summed E-state index contributed by atoms with van der Waals surface area (Å²) >= 11 is 0. The van der Waals surface area contributed by atoms with E-state index in [4.69, 9.17) is 5.11 Å². The summed E-state index contributed by atoms with van der Waals surface area (Å²) in [5, 5.41) is 14.5. The normalized spacial score (nSPS) is 11.7. The Labute approximate surface area is 142 Å². The van der Waals surface area contributed by atoms with E-state index in [9.17, 15) is 14.4 Å². The van der Waals surface area contributed by atoms with Crippen molar-refractivity contribution in [1.82, 2.24) is 10.6 Å². The van der Waals surface area contributed by atoms with E-state index in [1.165, 1.54) is 13.8 Å². The molecule has 0 saturated heterocycles. The number of carboxylic acids is 1. The second kappa shape index (κ2) is 7.47.